The van der Waals surface area contributed by atoms with Crippen LogP contribution >= 0.6 is 0 Å². The molecule has 5 atom stereocenters. The zero-order chi connectivity index (χ0) is 12.2. The number of hydrogen-bond acceptors (Lipinski definition) is 0. The van der Waals surface area contributed by atoms with Crippen LogP contribution in [0.1, 0.15) is 71.1 Å². The highest BCUT2D eigenvalue weighted by molar-refractivity contribution is 5.23. The van der Waals surface area contributed by atoms with Gasteiger partial charge in [-0.2, -0.15) is 0 Å². The second kappa shape index (κ2) is 4.12. The van der Waals surface area contributed by atoms with E-state index < -0.39 is 0 Å². The lowest BCUT2D eigenvalue weighted by Crippen LogP contribution is -2.40. The molecule has 0 heteroatoms. The predicted molar refractivity (Wildman–Crippen MR) is 76.3 cm³/mol. The van der Waals surface area contributed by atoms with Gasteiger partial charge in [-0.25, -0.2) is 0 Å². The average Bonchev–Trinajstić information content (AvgIpc) is 2.80. The van der Waals surface area contributed by atoms with Crippen LogP contribution in [0.15, 0.2) is 11.6 Å². The van der Waals surface area contributed by atoms with Crippen LogP contribution in [-0.2, 0) is 0 Å². The maximum atomic E-state index is 2.73. The molecule has 0 aromatic rings. The van der Waals surface area contributed by atoms with Gasteiger partial charge in [-0.1, -0.05) is 37.8 Å². The Morgan fingerprint density at radius 2 is 1.83 bits per heavy atom. The molecule has 4 aliphatic carbocycles. The van der Waals surface area contributed by atoms with Crippen LogP contribution in [-0.4, -0.2) is 0 Å². The van der Waals surface area contributed by atoms with Gasteiger partial charge in [-0.15, -0.1) is 0 Å². The molecular formula is C18H28. The second-order valence-corrected chi connectivity index (χ2v) is 7.90. The van der Waals surface area contributed by atoms with Crippen LogP contribution in [0.3, 0.4) is 0 Å². The first-order valence-corrected chi connectivity index (χ1v) is 8.48. The fourth-order valence-electron chi connectivity index (χ4n) is 6.11. The van der Waals surface area contributed by atoms with E-state index in [2.05, 4.69) is 13.0 Å². The standard InChI is InChI=1S/C18H28/c1-18-11-4-7-17(18)16-9-8-13-5-2-3-6-14(13)15(16)10-12-18/h10,13-14,16-17H,2-9,11-12H2,1H3/t13?,14-,16+,17-,18-/m0/s1. The van der Waals surface area contributed by atoms with Crippen LogP contribution in [0.5, 0.6) is 0 Å². The Bertz CT molecular complexity index is 366. The summed E-state index contributed by atoms with van der Waals surface area (Å²) in [6, 6.07) is 0. The van der Waals surface area contributed by atoms with E-state index in [0.717, 1.165) is 23.7 Å². The molecule has 1 unspecified atom stereocenters. The summed E-state index contributed by atoms with van der Waals surface area (Å²) in [6.07, 6.45) is 17.9. The maximum absolute atomic E-state index is 2.73. The van der Waals surface area contributed by atoms with Crippen molar-refractivity contribution in [2.75, 3.05) is 0 Å². The molecule has 0 spiro atoms. The molecule has 100 valence electrons. The Kier molecular flexibility index (Phi) is 2.64. The summed E-state index contributed by atoms with van der Waals surface area (Å²) in [7, 11) is 0. The third kappa shape index (κ3) is 1.57. The van der Waals surface area contributed by atoms with Gasteiger partial charge in [-0.3, -0.25) is 0 Å². The quantitative estimate of drug-likeness (QED) is 0.505. The van der Waals surface area contributed by atoms with E-state index in [-0.39, 0.29) is 0 Å². The van der Waals surface area contributed by atoms with E-state index in [1.807, 2.05) is 5.57 Å². The van der Waals surface area contributed by atoms with Crippen LogP contribution in [0.4, 0.5) is 0 Å². The number of rotatable bonds is 0. The maximum Gasteiger partial charge on any atom is -0.0167 e. The molecule has 0 aliphatic heterocycles. The van der Waals surface area contributed by atoms with Gasteiger partial charge in [0.15, 0.2) is 0 Å². The van der Waals surface area contributed by atoms with Crippen molar-refractivity contribution in [3.63, 3.8) is 0 Å². The fourth-order valence-corrected chi connectivity index (χ4v) is 6.11. The molecule has 18 heavy (non-hydrogen) atoms. The van der Waals surface area contributed by atoms with Crippen molar-refractivity contribution in [2.45, 2.75) is 71.1 Å². The van der Waals surface area contributed by atoms with Crippen LogP contribution in [0.2, 0.25) is 0 Å². The molecule has 0 nitrogen and oxygen atoms in total. The third-order valence-electron chi connectivity index (χ3n) is 7.06. The van der Waals surface area contributed by atoms with Gasteiger partial charge in [0, 0.05) is 0 Å². The topological polar surface area (TPSA) is 0 Å². The molecule has 0 saturated heterocycles. The van der Waals surface area contributed by atoms with E-state index in [9.17, 15) is 0 Å². The average molecular weight is 244 g/mol. The molecule has 0 aromatic heterocycles. The zero-order valence-corrected chi connectivity index (χ0v) is 12.0. The number of hydrogen-bond donors (Lipinski definition) is 0. The van der Waals surface area contributed by atoms with E-state index >= 15 is 0 Å². The summed E-state index contributed by atoms with van der Waals surface area (Å²) >= 11 is 0. The highest BCUT2D eigenvalue weighted by Crippen LogP contribution is 2.60. The van der Waals surface area contributed by atoms with E-state index in [1.165, 1.54) is 57.8 Å². The smallest absolute Gasteiger partial charge is 0.0167 e. The van der Waals surface area contributed by atoms with Crippen molar-refractivity contribution in [3.05, 3.63) is 11.6 Å². The molecule has 0 heterocycles. The van der Waals surface area contributed by atoms with Gasteiger partial charge < -0.3 is 0 Å². The van der Waals surface area contributed by atoms with Crippen molar-refractivity contribution < 1.29 is 0 Å². The predicted octanol–water partition coefficient (Wildman–Crippen LogP) is 5.34. The molecule has 0 aromatic carbocycles. The van der Waals surface area contributed by atoms with E-state index in [4.69, 9.17) is 0 Å². The van der Waals surface area contributed by atoms with E-state index in [1.54, 1.807) is 6.42 Å². The van der Waals surface area contributed by atoms with Gasteiger partial charge >= 0.3 is 0 Å². The van der Waals surface area contributed by atoms with Crippen LogP contribution < -0.4 is 0 Å². The summed E-state index contributed by atoms with van der Waals surface area (Å²) in [5.41, 5.74) is 2.64. The lowest BCUT2D eigenvalue weighted by Gasteiger charge is -2.50. The largest absolute Gasteiger partial charge is 0.0842 e. The number of allylic oxidation sites excluding steroid dienone is 2. The molecule has 3 fully saturated rings. The third-order valence-corrected chi connectivity index (χ3v) is 7.06. The molecule has 0 N–H and O–H groups in total. The zero-order valence-electron chi connectivity index (χ0n) is 12.0. The van der Waals surface area contributed by atoms with Crippen LogP contribution in [0.25, 0.3) is 0 Å². The lowest BCUT2D eigenvalue weighted by atomic mass is 9.55. The van der Waals surface area contributed by atoms with Gasteiger partial charge in [0.2, 0.25) is 0 Å². The number of fused-ring (bicyclic) bond motifs is 5. The summed E-state index contributed by atoms with van der Waals surface area (Å²) < 4.78 is 0. The Labute approximate surface area is 112 Å². The van der Waals surface area contributed by atoms with Crippen molar-refractivity contribution in [1.82, 2.24) is 0 Å². The van der Waals surface area contributed by atoms with Crippen molar-refractivity contribution in [3.8, 4) is 0 Å². The first kappa shape index (κ1) is 11.6. The van der Waals surface area contributed by atoms with Gasteiger partial charge in [-0.05, 0) is 74.0 Å². The highest BCUT2D eigenvalue weighted by atomic mass is 14.5. The van der Waals surface area contributed by atoms with Crippen molar-refractivity contribution in [2.24, 2.45) is 29.1 Å². The SMILES string of the molecule is C[C@]12CC=C3[C@H]4CCCCC4CC[C@H]3[C@@H]1CCC2. The summed E-state index contributed by atoms with van der Waals surface area (Å²) in [6.45, 7) is 2.59. The molecule has 0 amide bonds. The molecule has 0 bridgehead atoms. The van der Waals surface area contributed by atoms with Crippen LogP contribution in [0, 0.1) is 29.1 Å². The Hall–Kier alpha value is -0.260. The summed E-state index contributed by atoms with van der Waals surface area (Å²) in [4.78, 5) is 0. The normalized spacial score (nSPS) is 51.1. The fraction of sp³-hybridized carbons (Fsp3) is 0.889. The highest BCUT2D eigenvalue weighted by Gasteiger charge is 2.49. The first-order valence-electron chi connectivity index (χ1n) is 8.48. The van der Waals surface area contributed by atoms with Gasteiger partial charge in [0.05, 0.1) is 0 Å². The minimum absolute atomic E-state index is 0.690. The monoisotopic (exact) mass is 244 g/mol. The Morgan fingerprint density at radius 3 is 2.78 bits per heavy atom. The second-order valence-electron chi connectivity index (χ2n) is 7.90. The molecule has 3 saturated carbocycles. The van der Waals surface area contributed by atoms with Gasteiger partial charge in [0.25, 0.3) is 0 Å². The summed E-state index contributed by atoms with van der Waals surface area (Å²) in [5, 5.41) is 0. The van der Waals surface area contributed by atoms with Gasteiger partial charge in [0.1, 0.15) is 0 Å². The van der Waals surface area contributed by atoms with E-state index in [0.29, 0.717) is 5.41 Å². The first-order chi connectivity index (χ1) is 8.78. The molecule has 0 radical (unpaired) electrons. The van der Waals surface area contributed by atoms with Crippen molar-refractivity contribution >= 4 is 0 Å². The minimum atomic E-state index is 0.690. The Balaban J connectivity index is 1.66. The molecule has 4 aliphatic rings. The lowest BCUT2D eigenvalue weighted by molar-refractivity contribution is 0.0937. The molecular weight excluding hydrogens is 216 g/mol. The molecule has 4 rings (SSSR count). The van der Waals surface area contributed by atoms with Crippen molar-refractivity contribution in [1.29, 1.82) is 0 Å². The Morgan fingerprint density at radius 1 is 0.944 bits per heavy atom. The summed E-state index contributed by atoms with van der Waals surface area (Å²) in [5.74, 6) is 4.15. The minimum Gasteiger partial charge on any atom is -0.0842 e.